The monoisotopic (exact) mass is 450 g/mol. The zero-order valence-electron chi connectivity index (χ0n) is 20.0. The molecule has 2 nitrogen and oxygen atoms in total. The van der Waals surface area contributed by atoms with E-state index in [1.165, 1.54) is 36.9 Å². The Labute approximate surface area is 200 Å². The summed E-state index contributed by atoms with van der Waals surface area (Å²) in [6, 6.07) is 24.4. The molecule has 0 unspecified atom stereocenters. The summed E-state index contributed by atoms with van der Waals surface area (Å²) in [4.78, 5) is 10.5. The molecule has 0 aliphatic rings. The molecule has 0 spiro atoms. The van der Waals surface area contributed by atoms with E-state index < -0.39 is 0 Å². The van der Waals surface area contributed by atoms with E-state index in [9.17, 15) is 0 Å². The van der Waals surface area contributed by atoms with Crippen molar-refractivity contribution in [2.45, 2.75) is 46.5 Å². The maximum absolute atomic E-state index is 4.66. The molecule has 5 rings (SSSR count). The fourth-order valence-electron chi connectivity index (χ4n) is 4.55. The molecule has 0 amide bonds. The summed E-state index contributed by atoms with van der Waals surface area (Å²) in [6.45, 7) is 11.4. The van der Waals surface area contributed by atoms with Crippen LogP contribution in [-0.2, 0) is 11.8 Å². The molecule has 5 aromatic rings. The van der Waals surface area contributed by atoms with Gasteiger partial charge in [0.15, 0.2) is 0 Å². The van der Waals surface area contributed by atoms with E-state index in [0.29, 0.717) is 5.92 Å². The van der Waals surface area contributed by atoms with Crippen molar-refractivity contribution in [3.63, 3.8) is 0 Å². The second-order valence-corrected chi connectivity index (χ2v) is 11.4. The van der Waals surface area contributed by atoms with E-state index in [2.05, 4.69) is 111 Å². The topological polar surface area (TPSA) is 25.8 Å². The van der Waals surface area contributed by atoms with Gasteiger partial charge in [-0.2, -0.15) is 0 Å². The maximum atomic E-state index is 4.66. The fraction of sp³-hybridized carbons (Fsp3) is 0.267. The van der Waals surface area contributed by atoms with Crippen molar-refractivity contribution in [2.24, 2.45) is 5.92 Å². The molecule has 0 fully saturated rings. The van der Waals surface area contributed by atoms with Crippen molar-refractivity contribution in [3.05, 3.63) is 84.2 Å². The molecule has 0 saturated heterocycles. The Bertz CT molecular complexity index is 1450. The molecule has 0 radical (unpaired) electrons. The molecule has 3 aromatic carbocycles. The largest absolute Gasteiger partial charge is 0.236 e. The number of aromatic nitrogens is 2. The number of thiophene rings is 1. The Hall–Kier alpha value is -3.04. The van der Waals surface area contributed by atoms with E-state index in [0.717, 1.165) is 23.4 Å². The molecule has 0 aliphatic heterocycles. The highest BCUT2D eigenvalue weighted by Gasteiger charge is 2.19. The number of hydrogen-bond acceptors (Lipinski definition) is 3. The van der Waals surface area contributed by atoms with Crippen LogP contribution in [0.25, 0.3) is 42.7 Å². The van der Waals surface area contributed by atoms with Crippen molar-refractivity contribution in [2.75, 3.05) is 0 Å². The summed E-state index contributed by atoms with van der Waals surface area (Å²) in [5, 5.41) is 3.86. The second-order valence-electron chi connectivity index (χ2n) is 10.4. The van der Waals surface area contributed by atoms with Crippen molar-refractivity contribution in [1.82, 2.24) is 9.97 Å². The Morgan fingerprint density at radius 2 is 1.61 bits per heavy atom. The standard InChI is InChI=1S/C30H30N2S/c1-19(2)12-20-10-11-28-23(13-20)16-29(33-28)27-17-26(31-18-32-27)22-14-21-8-6-7-9-24(21)25(15-22)30(3,4)5/h6-11,13-19H,12H2,1-5H3. The highest BCUT2D eigenvalue weighted by molar-refractivity contribution is 7.22. The molecule has 2 aromatic heterocycles. The molecule has 0 saturated carbocycles. The SMILES string of the molecule is CC(C)Cc1ccc2sc(-c3cc(-c4cc(C(C)(C)C)c5ccccc5c4)ncn3)cc2c1. The van der Waals surface area contributed by atoms with Gasteiger partial charge >= 0.3 is 0 Å². The first-order chi connectivity index (χ1) is 15.8. The van der Waals surface area contributed by atoms with Crippen LogP contribution in [0.3, 0.4) is 0 Å². The lowest BCUT2D eigenvalue weighted by atomic mass is 9.82. The van der Waals surface area contributed by atoms with Crippen molar-refractivity contribution in [3.8, 4) is 21.8 Å². The summed E-state index contributed by atoms with van der Waals surface area (Å²) in [6.07, 6.45) is 2.81. The van der Waals surface area contributed by atoms with Crippen molar-refractivity contribution >= 4 is 32.2 Å². The van der Waals surface area contributed by atoms with Gasteiger partial charge in [0.05, 0.1) is 16.3 Å². The Balaban J connectivity index is 1.58. The van der Waals surface area contributed by atoms with E-state index in [-0.39, 0.29) is 5.41 Å². The minimum absolute atomic E-state index is 0.0463. The van der Waals surface area contributed by atoms with Gasteiger partial charge in [-0.05, 0) is 75.4 Å². The number of hydrogen-bond donors (Lipinski definition) is 0. The quantitative estimate of drug-likeness (QED) is 0.274. The summed E-state index contributed by atoms with van der Waals surface area (Å²) in [5.74, 6) is 0.657. The molecular weight excluding hydrogens is 420 g/mol. The summed E-state index contributed by atoms with van der Waals surface area (Å²) in [5.41, 5.74) is 5.88. The zero-order valence-corrected chi connectivity index (χ0v) is 20.8. The zero-order chi connectivity index (χ0) is 23.2. The van der Waals surface area contributed by atoms with Crippen LogP contribution in [0.5, 0.6) is 0 Å². The van der Waals surface area contributed by atoms with Gasteiger partial charge in [-0.1, -0.05) is 71.0 Å². The van der Waals surface area contributed by atoms with Gasteiger partial charge in [0.25, 0.3) is 0 Å². The van der Waals surface area contributed by atoms with Gasteiger partial charge in [0.1, 0.15) is 6.33 Å². The van der Waals surface area contributed by atoms with E-state index in [4.69, 9.17) is 0 Å². The molecule has 166 valence electrons. The molecule has 3 heteroatoms. The summed E-state index contributed by atoms with van der Waals surface area (Å²) in [7, 11) is 0. The number of benzene rings is 3. The molecule has 0 N–H and O–H groups in total. The third kappa shape index (κ3) is 4.43. The highest BCUT2D eigenvalue weighted by Crippen LogP contribution is 2.37. The van der Waals surface area contributed by atoms with Gasteiger partial charge in [0.2, 0.25) is 0 Å². The number of fused-ring (bicyclic) bond motifs is 2. The smallest absolute Gasteiger partial charge is 0.116 e. The van der Waals surface area contributed by atoms with E-state index >= 15 is 0 Å². The number of rotatable bonds is 4. The van der Waals surface area contributed by atoms with Crippen LogP contribution < -0.4 is 0 Å². The molecular formula is C30H30N2S. The highest BCUT2D eigenvalue weighted by atomic mass is 32.1. The van der Waals surface area contributed by atoms with Crippen LogP contribution in [0, 0.1) is 5.92 Å². The Morgan fingerprint density at radius 1 is 0.818 bits per heavy atom. The Morgan fingerprint density at radius 3 is 2.39 bits per heavy atom. The first kappa shape index (κ1) is 21.8. The average molecular weight is 451 g/mol. The molecule has 33 heavy (non-hydrogen) atoms. The second kappa shape index (κ2) is 8.39. The summed E-state index contributed by atoms with van der Waals surface area (Å²) >= 11 is 1.80. The van der Waals surface area contributed by atoms with Crippen LogP contribution in [0.4, 0.5) is 0 Å². The van der Waals surface area contributed by atoms with E-state index in [1.807, 2.05) is 0 Å². The third-order valence-electron chi connectivity index (χ3n) is 6.11. The lowest BCUT2D eigenvalue weighted by Crippen LogP contribution is -2.12. The third-order valence-corrected chi connectivity index (χ3v) is 7.25. The van der Waals surface area contributed by atoms with Crippen LogP contribution >= 0.6 is 11.3 Å². The van der Waals surface area contributed by atoms with Crippen LogP contribution in [0.15, 0.2) is 73.1 Å². The van der Waals surface area contributed by atoms with Gasteiger partial charge in [-0.15, -0.1) is 11.3 Å². The van der Waals surface area contributed by atoms with Crippen molar-refractivity contribution < 1.29 is 0 Å². The van der Waals surface area contributed by atoms with Crippen LogP contribution in [0.1, 0.15) is 45.7 Å². The first-order valence-corrected chi connectivity index (χ1v) is 12.5. The normalized spacial score (nSPS) is 12.2. The maximum Gasteiger partial charge on any atom is 0.116 e. The molecule has 0 aliphatic carbocycles. The van der Waals surface area contributed by atoms with Crippen LogP contribution in [-0.4, -0.2) is 9.97 Å². The minimum atomic E-state index is 0.0463. The first-order valence-electron chi connectivity index (χ1n) is 11.7. The Kier molecular flexibility index (Phi) is 5.54. The van der Waals surface area contributed by atoms with Crippen molar-refractivity contribution in [1.29, 1.82) is 0 Å². The van der Waals surface area contributed by atoms with Crippen LogP contribution in [0.2, 0.25) is 0 Å². The molecule has 0 atom stereocenters. The predicted molar refractivity (Wildman–Crippen MR) is 143 cm³/mol. The van der Waals surface area contributed by atoms with Gasteiger partial charge in [0, 0.05) is 10.3 Å². The van der Waals surface area contributed by atoms with Gasteiger partial charge < -0.3 is 0 Å². The molecule has 2 heterocycles. The average Bonchev–Trinajstić information content (AvgIpc) is 3.21. The lowest BCUT2D eigenvalue weighted by molar-refractivity contribution is 0.596. The fourth-order valence-corrected chi connectivity index (χ4v) is 5.56. The van der Waals surface area contributed by atoms with E-state index in [1.54, 1.807) is 17.7 Å². The lowest BCUT2D eigenvalue weighted by Gasteiger charge is -2.22. The molecule has 0 bridgehead atoms. The summed E-state index contributed by atoms with van der Waals surface area (Å²) < 4.78 is 1.30. The van der Waals surface area contributed by atoms with Gasteiger partial charge in [-0.25, -0.2) is 9.97 Å². The minimum Gasteiger partial charge on any atom is -0.236 e. The number of nitrogens with zero attached hydrogens (tertiary/aromatic N) is 2. The van der Waals surface area contributed by atoms with Gasteiger partial charge in [-0.3, -0.25) is 0 Å². The predicted octanol–water partition coefficient (Wildman–Crippen LogP) is 8.67.